The van der Waals surface area contributed by atoms with Crippen LogP contribution in [0.25, 0.3) is 22.4 Å². The maximum Gasteiger partial charge on any atom is 0.573 e. The molecule has 158 valence electrons. The third-order valence-electron chi connectivity index (χ3n) is 4.10. The van der Waals surface area contributed by atoms with E-state index in [1.807, 2.05) is 0 Å². The van der Waals surface area contributed by atoms with E-state index in [9.17, 15) is 30.4 Å². The molecule has 0 atom stereocenters. The molecule has 3 aromatic rings. The van der Waals surface area contributed by atoms with Crippen molar-refractivity contribution in [2.24, 2.45) is 5.14 Å². The number of primary sulfonamides is 1. The van der Waals surface area contributed by atoms with Gasteiger partial charge in [0.2, 0.25) is 10.0 Å². The lowest BCUT2D eigenvalue weighted by atomic mass is 9.97. The standard InChI is InChI=1S/C19H13F5N2O3S/c1-10-7-11(4-5-16(10)29-19(22,23)24)12-3-2-6-26-18(12)13-8-15(21)17(9-14(13)20)30(25,27)28/h2-9H,1H3,(H2,25,27,28). The van der Waals surface area contributed by atoms with Crippen LogP contribution in [0.2, 0.25) is 0 Å². The lowest BCUT2D eigenvalue weighted by molar-refractivity contribution is -0.274. The molecule has 11 heteroatoms. The van der Waals surface area contributed by atoms with Crippen molar-refractivity contribution in [1.29, 1.82) is 0 Å². The highest BCUT2D eigenvalue weighted by Crippen LogP contribution is 2.36. The number of sulfonamides is 1. The van der Waals surface area contributed by atoms with Gasteiger partial charge in [0.1, 0.15) is 22.3 Å². The van der Waals surface area contributed by atoms with Gasteiger partial charge in [0.15, 0.2) is 0 Å². The van der Waals surface area contributed by atoms with Crippen LogP contribution in [-0.2, 0) is 10.0 Å². The van der Waals surface area contributed by atoms with Gasteiger partial charge in [0.25, 0.3) is 0 Å². The highest BCUT2D eigenvalue weighted by molar-refractivity contribution is 7.89. The molecule has 0 aliphatic rings. The lowest BCUT2D eigenvalue weighted by Gasteiger charge is -2.14. The van der Waals surface area contributed by atoms with E-state index in [4.69, 9.17) is 5.14 Å². The van der Waals surface area contributed by atoms with Crippen molar-refractivity contribution in [3.05, 3.63) is 65.9 Å². The second-order valence-corrected chi connectivity index (χ2v) is 7.76. The van der Waals surface area contributed by atoms with E-state index in [0.717, 1.165) is 6.07 Å². The van der Waals surface area contributed by atoms with E-state index in [0.29, 0.717) is 17.7 Å². The van der Waals surface area contributed by atoms with Gasteiger partial charge in [-0.3, -0.25) is 4.98 Å². The summed E-state index contributed by atoms with van der Waals surface area (Å²) in [5, 5.41) is 4.87. The van der Waals surface area contributed by atoms with Gasteiger partial charge in [-0.15, -0.1) is 13.2 Å². The van der Waals surface area contributed by atoms with Crippen molar-refractivity contribution in [3.63, 3.8) is 0 Å². The van der Waals surface area contributed by atoms with Crippen LogP contribution in [0, 0.1) is 18.6 Å². The largest absolute Gasteiger partial charge is 0.573 e. The normalized spacial score (nSPS) is 12.1. The van der Waals surface area contributed by atoms with Crippen LogP contribution in [0.15, 0.2) is 53.6 Å². The average Bonchev–Trinajstić information content (AvgIpc) is 2.63. The molecule has 0 fully saturated rings. The first-order valence-corrected chi connectivity index (χ1v) is 9.75. The summed E-state index contributed by atoms with van der Waals surface area (Å²) >= 11 is 0. The molecule has 0 bridgehead atoms. The van der Waals surface area contributed by atoms with E-state index in [1.54, 1.807) is 0 Å². The Morgan fingerprint density at radius 2 is 1.70 bits per heavy atom. The molecule has 3 rings (SSSR count). The fourth-order valence-electron chi connectivity index (χ4n) is 2.84. The number of hydrogen-bond acceptors (Lipinski definition) is 4. The van der Waals surface area contributed by atoms with Gasteiger partial charge in [-0.05, 0) is 48.4 Å². The number of pyridine rings is 1. The third kappa shape index (κ3) is 4.57. The second-order valence-electron chi connectivity index (χ2n) is 6.24. The molecule has 30 heavy (non-hydrogen) atoms. The Balaban J connectivity index is 2.13. The molecule has 0 saturated carbocycles. The first-order chi connectivity index (χ1) is 13.9. The number of nitrogens with zero attached hydrogens (tertiary/aromatic N) is 1. The molecule has 0 amide bonds. The van der Waals surface area contributed by atoms with Crippen LogP contribution in [0.4, 0.5) is 22.0 Å². The van der Waals surface area contributed by atoms with E-state index in [-0.39, 0.29) is 22.4 Å². The summed E-state index contributed by atoms with van der Waals surface area (Å²) in [7, 11) is -4.48. The van der Waals surface area contributed by atoms with Gasteiger partial charge >= 0.3 is 6.36 Å². The number of alkyl halides is 3. The molecule has 0 aliphatic heterocycles. The van der Waals surface area contributed by atoms with Gasteiger partial charge in [0.05, 0.1) is 5.69 Å². The van der Waals surface area contributed by atoms with Crippen LogP contribution in [0.1, 0.15) is 5.56 Å². The molecule has 0 aliphatic carbocycles. The molecular formula is C19H13F5N2O3S. The first kappa shape index (κ1) is 21.7. The fraction of sp³-hybridized carbons (Fsp3) is 0.105. The SMILES string of the molecule is Cc1cc(-c2cccnc2-c2cc(F)c(S(N)(=O)=O)cc2F)ccc1OC(F)(F)F. The minimum Gasteiger partial charge on any atom is -0.406 e. The van der Waals surface area contributed by atoms with Gasteiger partial charge in [-0.1, -0.05) is 12.1 Å². The quantitative estimate of drug-likeness (QED) is 0.599. The van der Waals surface area contributed by atoms with Crippen LogP contribution in [0.5, 0.6) is 5.75 Å². The molecular weight excluding hydrogens is 431 g/mol. The van der Waals surface area contributed by atoms with Crippen LogP contribution >= 0.6 is 0 Å². The summed E-state index contributed by atoms with van der Waals surface area (Å²) in [4.78, 5) is 3.02. The van der Waals surface area contributed by atoms with Crippen LogP contribution in [0.3, 0.4) is 0 Å². The lowest BCUT2D eigenvalue weighted by Crippen LogP contribution is -2.17. The molecule has 5 nitrogen and oxygen atoms in total. The van der Waals surface area contributed by atoms with Crippen molar-refractivity contribution < 1.29 is 35.1 Å². The Morgan fingerprint density at radius 1 is 1.00 bits per heavy atom. The number of nitrogens with two attached hydrogens (primary N) is 1. The topological polar surface area (TPSA) is 82.3 Å². The van der Waals surface area contributed by atoms with E-state index in [2.05, 4.69) is 9.72 Å². The van der Waals surface area contributed by atoms with Crippen molar-refractivity contribution in [3.8, 4) is 28.1 Å². The molecule has 1 aromatic heterocycles. The van der Waals surface area contributed by atoms with Crippen molar-refractivity contribution in [2.75, 3.05) is 0 Å². The van der Waals surface area contributed by atoms with Gasteiger partial charge in [0, 0.05) is 17.3 Å². The third-order valence-corrected chi connectivity index (χ3v) is 5.03. The van der Waals surface area contributed by atoms with E-state index < -0.39 is 38.7 Å². The number of aromatic nitrogens is 1. The Morgan fingerprint density at radius 3 is 2.30 bits per heavy atom. The summed E-state index contributed by atoms with van der Waals surface area (Å²) in [5.74, 6) is -2.77. The van der Waals surface area contributed by atoms with Gasteiger partial charge in [-0.25, -0.2) is 22.3 Å². The molecule has 2 aromatic carbocycles. The van der Waals surface area contributed by atoms with Crippen molar-refractivity contribution in [2.45, 2.75) is 18.2 Å². The van der Waals surface area contributed by atoms with Gasteiger partial charge < -0.3 is 4.74 Å². The summed E-state index contributed by atoms with van der Waals surface area (Å²) in [6.45, 7) is 1.39. The van der Waals surface area contributed by atoms with Gasteiger partial charge in [-0.2, -0.15) is 0 Å². The van der Waals surface area contributed by atoms with Crippen LogP contribution in [-0.4, -0.2) is 19.8 Å². The Hall–Kier alpha value is -3.05. The highest BCUT2D eigenvalue weighted by Gasteiger charge is 2.31. The fourth-order valence-corrected chi connectivity index (χ4v) is 3.44. The summed E-state index contributed by atoms with van der Waals surface area (Å²) in [5.41, 5.74) is 0.402. The van der Waals surface area contributed by atoms with Crippen LogP contribution < -0.4 is 9.88 Å². The highest BCUT2D eigenvalue weighted by atomic mass is 32.2. The van der Waals surface area contributed by atoms with E-state index in [1.165, 1.54) is 37.4 Å². The smallest absolute Gasteiger partial charge is 0.406 e. The maximum absolute atomic E-state index is 14.6. The monoisotopic (exact) mass is 444 g/mol. The Labute approximate surface area is 168 Å². The predicted octanol–water partition coefficient (Wildman–Crippen LogP) is 4.55. The molecule has 2 N–H and O–H groups in total. The zero-order valence-corrected chi connectivity index (χ0v) is 16.0. The zero-order chi connectivity index (χ0) is 22.3. The molecule has 0 radical (unpaired) electrons. The summed E-state index contributed by atoms with van der Waals surface area (Å²) in [6, 6.07) is 7.87. The van der Waals surface area contributed by atoms with E-state index >= 15 is 0 Å². The first-order valence-electron chi connectivity index (χ1n) is 8.21. The molecule has 0 unspecified atom stereocenters. The number of rotatable bonds is 4. The average molecular weight is 444 g/mol. The number of aryl methyl sites for hydroxylation is 1. The van der Waals surface area contributed by atoms with Crippen molar-refractivity contribution >= 4 is 10.0 Å². The Bertz CT molecular complexity index is 1230. The summed E-state index contributed by atoms with van der Waals surface area (Å²) in [6.07, 6.45) is -3.56. The predicted molar refractivity (Wildman–Crippen MR) is 97.8 cm³/mol. The minimum absolute atomic E-state index is 0.0428. The number of hydrogen-bond donors (Lipinski definition) is 1. The number of halogens is 5. The second kappa shape index (κ2) is 7.65. The number of ether oxygens (including phenoxy) is 1. The van der Waals surface area contributed by atoms with Crippen molar-refractivity contribution in [1.82, 2.24) is 4.98 Å². The Kier molecular flexibility index (Phi) is 5.52. The molecule has 0 spiro atoms. The number of benzene rings is 2. The molecule has 1 heterocycles. The molecule has 0 saturated heterocycles. The maximum atomic E-state index is 14.6. The summed E-state index contributed by atoms with van der Waals surface area (Å²) < 4.78 is 92.9. The zero-order valence-electron chi connectivity index (χ0n) is 15.2. The minimum atomic E-state index is -4.86.